The average Bonchev–Trinajstić information content (AvgIpc) is 3.34. The van der Waals surface area contributed by atoms with Crippen molar-refractivity contribution in [1.82, 2.24) is 47.9 Å². The van der Waals surface area contributed by atoms with E-state index in [0.717, 1.165) is 0 Å². The molecule has 0 aliphatic heterocycles. The van der Waals surface area contributed by atoms with Crippen LogP contribution in [0.2, 0.25) is 0 Å². The predicted molar refractivity (Wildman–Crippen MR) is 276 cm³/mol. The Bertz CT molecular complexity index is 2350. The first kappa shape index (κ1) is 63.8. The molecule has 0 unspecified atom stereocenters. The van der Waals surface area contributed by atoms with Crippen molar-refractivity contribution in [1.29, 1.82) is 0 Å². The maximum atomic E-state index is 14.3. The Morgan fingerprint density at radius 1 is 0.526 bits per heavy atom. The number of amides is 10. The first-order valence-corrected chi connectivity index (χ1v) is 24.5. The lowest BCUT2D eigenvalue weighted by Gasteiger charge is -2.27. The molecule has 27 heteroatoms. The molecule has 418 valence electrons. The number of rotatable bonds is 33. The van der Waals surface area contributed by atoms with Gasteiger partial charge in [-0.05, 0) is 67.7 Å². The van der Waals surface area contributed by atoms with Crippen molar-refractivity contribution in [3.63, 3.8) is 0 Å². The van der Waals surface area contributed by atoms with Crippen LogP contribution in [0.5, 0.6) is 5.75 Å². The second-order valence-electron chi connectivity index (χ2n) is 18.7. The zero-order chi connectivity index (χ0) is 57.1. The van der Waals surface area contributed by atoms with Gasteiger partial charge in [-0.15, -0.1) is 0 Å². The molecule has 0 spiro atoms. The van der Waals surface area contributed by atoms with E-state index in [9.17, 15) is 63.0 Å². The zero-order valence-corrected chi connectivity index (χ0v) is 43.3. The van der Waals surface area contributed by atoms with E-state index in [2.05, 4.69) is 52.8 Å². The highest BCUT2D eigenvalue weighted by Crippen LogP contribution is 2.14. The summed E-state index contributed by atoms with van der Waals surface area (Å²) in [7, 11) is 0. The van der Waals surface area contributed by atoms with Gasteiger partial charge in [0.25, 0.3) is 0 Å². The van der Waals surface area contributed by atoms with Crippen LogP contribution in [0.25, 0.3) is 0 Å². The molecule has 0 saturated carbocycles. The molecule has 0 heterocycles. The number of nitrogens with zero attached hydrogens (tertiary/aromatic N) is 1. The highest BCUT2D eigenvalue weighted by Gasteiger charge is 2.33. The molecule has 2 rings (SSSR count). The number of carbonyl (C=O) groups excluding carboxylic acids is 10. The summed E-state index contributed by atoms with van der Waals surface area (Å²) in [6.45, 7) is 6.66. The van der Waals surface area contributed by atoms with Crippen LogP contribution in [0.1, 0.15) is 77.8 Å². The van der Waals surface area contributed by atoms with Crippen LogP contribution < -0.4 is 70.8 Å². The summed E-state index contributed by atoms with van der Waals surface area (Å²) in [6.07, 6.45) is -0.767. The second kappa shape index (κ2) is 32.7. The SMILES string of the molecule is CC(C)C[C@H](NC(=O)CNC(=O)[C@@H](Cc1ccccc1)NC(=O)[C@H](C)NC(=O)[C@@H](Cc1ccc(O)cc1)NC(=O)[C@@H](CC(C)C)NC(=O)[C@@H](CCCN=C(N)N)NC(=O)CNC(=O)[C@@H](CC(=O)O)NC(=O)CN)C(N)=O. The van der Waals surface area contributed by atoms with E-state index in [-0.39, 0.29) is 68.6 Å². The molecule has 0 aliphatic carbocycles. The van der Waals surface area contributed by atoms with Crippen molar-refractivity contribution in [2.45, 2.75) is 122 Å². The number of nitrogens with two attached hydrogens (primary N) is 4. The number of hydrogen-bond donors (Lipinski definition) is 15. The first-order valence-electron chi connectivity index (χ1n) is 24.5. The van der Waals surface area contributed by atoms with Crippen molar-refractivity contribution < 1.29 is 63.0 Å². The molecule has 0 aromatic heterocycles. The van der Waals surface area contributed by atoms with E-state index in [4.69, 9.17) is 22.9 Å². The largest absolute Gasteiger partial charge is 0.508 e. The molecule has 76 heavy (non-hydrogen) atoms. The number of aromatic hydroxyl groups is 1. The highest BCUT2D eigenvalue weighted by molar-refractivity contribution is 5.98. The Hall–Kier alpha value is -8.36. The summed E-state index contributed by atoms with van der Waals surface area (Å²) in [5.41, 5.74) is 22.7. The number of guanidine groups is 1. The number of nitrogens with one attached hydrogen (secondary N) is 9. The van der Waals surface area contributed by atoms with Crippen LogP contribution >= 0.6 is 0 Å². The van der Waals surface area contributed by atoms with Crippen LogP contribution in [-0.4, -0.2) is 150 Å². The van der Waals surface area contributed by atoms with Gasteiger partial charge in [-0.2, -0.15) is 0 Å². The molecule has 2 aromatic rings. The van der Waals surface area contributed by atoms with Gasteiger partial charge in [0.2, 0.25) is 59.1 Å². The molecule has 0 aliphatic rings. The Morgan fingerprint density at radius 3 is 1.51 bits per heavy atom. The number of phenols is 1. The summed E-state index contributed by atoms with van der Waals surface area (Å²) >= 11 is 0. The van der Waals surface area contributed by atoms with Crippen molar-refractivity contribution in [2.24, 2.45) is 39.8 Å². The Balaban J connectivity index is 2.36. The standard InChI is InChI=1S/C49H74N14O13/c1-26(2)18-33(42(51)70)59-40(67)25-55-44(72)35(20-29-10-7-6-8-11-29)61-43(71)28(5)57-47(75)36(21-30-13-15-31(64)16-14-30)63-48(76)34(19-27(3)4)62-46(74)32(12-9-17-54-49(52)53)58-39(66)24-56-45(73)37(22-41(68)69)60-38(65)23-50/h6-8,10-11,13-16,26-28,32-37,64H,9,12,17-25,50H2,1-5H3,(H2,51,70)(H,55,72)(H,56,73)(H,57,75)(H,58,66)(H,59,67)(H,60,65)(H,61,71)(H,62,74)(H,63,76)(H,68,69)(H4,52,53,54)/t28-,32+,33-,34+,35+,36+,37+/m0/s1. The molecule has 0 bridgehead atoms. The fourth-order valence-electron chi connectivity index (χ4n) is 7.26. The fourth-order valence-corrected chi connectivity index (χ4v) is 7.26. The smallest absolute Gasteiger partial charge is 0.305 e. The van der Waals surface area contributed by atoms with Gasteiger partial charge in [0.15, 0.2) is 5.96 Å². The third kappa shape index (κ3) is 25.0. The van der Waals surface area contributed by atoms with Gasteiger partial charge in [0.05, 0.1) is 26.1 Å². The average molecular weight is 1070 g/mol. The van der Waals surface area contributed by atoms with Gasteiger partial charge >= 0.3 is 5.97 Å². The van der Waals surface area contributed by atoms with E-state index in [1.54, 1.807) is 44.2 Å². The molecule has 27 nitrogen and oxygen atoms in total. The van der Waals surface area contributed by atoms with Gasteiger partial charge in [-0.25, -0.2) is 0 Å². The third-order valence-corrected chi connectivity index (χ3v) is 11.1. The van der Waals surface area contributed by atoms with Crippen LogP contribution in [0.4, 0.5) is 0 Å². The minimum absolute atomic E-state index is 0.00430. The topological polar surface area (TPSA) is 453 Å². The molecule has 0 fully saturated rings. The quantitative estimate of drug-likeness (QED) is 0.0183. The van der Waals surface area contributed by atoms with Crippen molar-refractivity contribution >= 4 is 71.0 Å². The van der Waals surface area contributed by atoms with Crippen LogP contribution in [0.3, 0.4) is 0 Å². The number of hydrogen-bond acceptors (Lipinski definition) is 14. The lowest BCUT2D eigenvalue weighted by atomic mass is 10.00. The number of carboxylic acids is 1. The van der Waals surface area contributed by atoms with E-state index in [0.29, 0.717) is 11.1 Å². The predicted octanol–water partition coefficient (Wildman–Crippen LogP) is -4.11. The summed E-state index contributed by atoms with van der Waals surface area (Å²) in [5.74, 6) is -10.4. The zero-order valence-electron chi connectivity index (χ0n) is 43.3. The number of carboxylic acid groups (broad SMARTS) is 1. The van der Waals surface area contributed by atoms with Gasteiger partial charge < -0.3 is 81.0 Å². The van der Waals surface area contributed by atoms with E-state index in [1.165, 1.54) is 31.2 Å². The Labute approximate surface area is 440 Å². The number of aliphatic carboxylic acids is 1. The molecule has 0 radical (unpaired) electrons. The Morgan fingerprint density at radius 2 is 0.987 bits per heavy atom. The number of carbonyl (C=O) groups is 11. The number of phenolic OH excluding ortho intramolecular Hbond substituents is 1. The van der Waals surface area contributed by atoms with E-state index < -0.39 is 133 Å². The maximum absolute atomic E-state index is 14.3. The Kier molecular flexibility index (Phi) is 27.5. The molecule has 7 atom stereocenters. The van der Waals surface area contributed by atoms with Gasteiger partial charge in [-0.1, -0.05) is 70.2 Å². The summed E-state index contributed by atoms with van der Waals surface area (Å²) in [6, 6.07) is 4.98. The second-order valence-corrected chi connectivity index (χ2v) is 18.7. The lowest BCUT2D eigenvalue weighted by Crippen LogP contribution is -2.59. The highest BCUT2D eigenvalue weighted by atomic mass is 16.4. The lowest BCUT2D eigenvalue weighted by molar-refractivity contribution is -0.140. The summed E-state index contributed by atoms with van der Waals surface area (Å²) in [5, 5.41) is 41.4. The molecule has 0 saturated heterocycles. The molecule has 2 aromatic carbocycles. The van der Waals surface area contributed by atoms with E-state index >= 15 is 0 Å². The van der Waals surface area contributed by atoms with Crippen LogP contribution in [0, 0.1) is 11.8 Å². The van der Waals surface area contributed by atoms with Crippen molar-refractivity contribution in [3.8, 4) is 5.75 Å². The monoisotopic (exact) mass is 1070 g/mol. The van der Waals surface area contributed by atoms with Gasteiger partial charge in [-0.3, -0.25) is 57.7 Å². The minimum atomic E-state index is -1.58. The fraction of sp³-hybridized carbons (Fsp3) is 0.510. The summed E-state index contributed by atoms with van der Waals surface area (Å²) < 4.78 is 0. The van der Waals surface area contributed by atoms with Crippen LogP contribution in [-0.2, 0) is 65.6 Å². The third-order valence-electron chi connectivity index (χ3n) is 11.1. The van der Waals surface area contributed by atoms with Crippen LogP contribution in [0.15, 0.2) is 59.6 Å². The maximum Gasteiger partial charge on any atom is 0.305 e. The molecular formula is C49H74N14O13. The first-order chi connectivity index (χ1) is 35.8. The van der Waals surface area contributed by atoms with Crippen molar-refractivity contribution in [2.75, 3.05) is 26.2 Å². The minimum Gasteiger partial charge on any atom is -0.508 e. The van der Waals surface area contributed by atoms with Gasteiger partial charge in [0, 0.05) is 19.4 Å². The molecule has 10 amide bonds. The number of benzene rings is 2. The molecule has 19 N–H and O–H groups in total. The van der Waals surface area contributed by atoms with Gasteiger partial charge in [0.1, 0.15) is 48.0 Å². The normalized spacial score (nSPS) is 13.6. The molecular weight excluding hydrogens is 993 g/mol. The number of primary amides is 1. The summed E-state index contributed by atoms with van der Waals surface area (Å²) in [4.78, 5) is 147. The van der Waals surface area contributed by atoms with Crippen molar-refractivity contribution in [3.05, 3.63) is 65.7 Å². The van der Waals surface area contributed by atoms with E-state index in [1.807, 2.05) is 13.8 Å². The number of aliphatic imine (C=N–C) groups is 1.